The first kappa shape index (κ1) is 16.7. The summed E-state index contributed by atoms with van der Waals surface area (Å²) in [5.41, 5.74) is 1.58. The smallest absolute Gasteiger partial charge is 0.199 e. The average Bonchev–Trinajstić information content (AvgIpc) is 3.12. The highest BCUT2D eigenvalue weighted by atomic mass is 19.1. The van der Waals surface area contributed by atoms with Gasteiger partial charge in [0.15, 0.2) is 5.89 Å². The molecule has 0 radical (unpaired) electrons. The number of benzene rings is 1. The van der Waals surface area contributed by atoms with Gasteiger partial charge in [-0.3, -0.25) is 0 Å². The minimum absolute atomic E-state index is 0.214. The van der Waals surface area contributed by atoms with Gasteiger partial charge in [0.05, 0.1) is 12.1 Å². The van der Waals surface area contributed by atoms with E-state index >= 15 is 0 Å². The number of oxazole rings is 1. The fourth-order valence-corrected chi connectivity index (χ4v) is 3.42. The van der Waals surface area contributed by atoms with E-state index in [0.717, 1.165) is 43.3 Å². The highest BCUT2D eigenvalue weighted by molar-refractivity contribution is 5.39. The second-order valence-corrected chi connectivity index (χ2v) is 6.74. The topological polar surface area (TPSA) is 55.1 Å². The maximum Gasteiger partial charge on any atom is 0.199 e. The van der Waals surface area contributed by atoms with Gasteiger partial charge in [-0.25, -0.2) is 19.3 Å². The summed E-state index contributed by atoms with van der Waals surface area (Å²) >= 11 is 0. The van der Waals surface area contributed by atoms with Gasteiger partial charge >= 0.3 is 0 Å². The number of hydrogen-bond acceptors (Lipinski definition) is 5. The number of rotatable bonds is 4. The van der Waals surface area contributed by atoms with Gasteiger partial charge in [0.2, 0.25) is 0 Å². The third-order valence-corrected chi connectivity index (χ3v) is 4.78. The fraction of sp³-hybridized carbons (Fsp3) is 0.350. The lowest BCUT2D eigenvalue weighted by molar-refractivity contribution is 0.383. The zero-order valence-corrected chi connectivity index (χ0v) is 14.7. The molecule has 0 aliphatic carbocycles. The fourth-order valence-electron chi connectivity index (χ4n) is 3.42. The van der Waals surface area contributed by atoms with Crippen molar-refractivity contribution in [3.05, 3.63) is 71.6 Å². The summed E-state index contributed by atoms with van der Waals surface area (Å²) in [5.74, 6) is 2.37. The molecule has 1 saturated heterocycles. The Balaban J connectivity index is 1.48. The Morgan fingerprint density at radius 1 is 1.23 bits per heavy atom. The van der Waals surface area contributed by atoms with Crippen molar-refractivity contribution in [1.82, 2.24) is 15.0 Å². The Morgan fingerprint density at radius 3 is 2.96 bits per heavy atom. The van der Waals surface area contributed by atoms with E-state index in [2.05, 4.69) is 19.9 Å². The molecule has 0 N–H and O–H groups in total. The molecule has 1 aliphatic heterocycles. The molecule has 5 nitrogen and oxygen atoms in total. The Labute approximate surface area is 151 Å². The summed E-state index contributed by atoms with van der Waals surface area (Å²) in [6.45, 7) is 3.75. The molecule has 1 aromatic carbocycles. The summed E-state index contributed by atoms with van der Waals surface area (Å²) in [5, 5.41) is 0. The van der Waals surface area contributed by atoms with Crippen LogP contribution in [-0.4, -0.2) is 28.0 Å². The van der Waals surface area contributed by atoms with Crippen molar-refractivity contribution in [1.29, 1.82) is 0 Å². The highest BCUT2D eigenvalue weighted by Gasteiger charge is 2.26. The van der Waals surface area contributed by atoms with Gasteiger partial charge in [-0.2, -0.15) is 0 Å². The minimum Gasteiger partial charge on any atom is -0.445 e. The molecule has 3 heterocycles. The van der Waals surface area contributed by atoms with Gasteiger partial charge in [-0.15, -0.1) is 0 Å². The van der Waals surface area contributed by atoms with E-state index < -0.39 is 0 Å². The van der Waals surface area contributed by atoms with Crippen LogP contribution in [0, 0.1) is 12.7 Å². The lowest BCUT2D eigenvalue weighted by Crippen LogP contribution is -2.35. The summed E-state index contributed by atoms with van der Waals surface area (Å²) in [7, 11) is 0. The number of piperidine rings is 1. The van der Waals surface area contributed by atoms with Crippen molar-refractivity contribution in [2.24, 2.45) is 0 Å². The Morgan fingerprint density at radius 2 is 2.12 bits per heavy atom. The van der Waals surface area contributed by atoms with E-state index in [0.29, 0.717) is 17.7 Å². The maximum absolute atomic E-state index is 13.8. The summed E-state index contributed by atoms with van der Waals surface area (Å²) in [6.07, 6.45) is 5.82. The van der Waals surface area contributed by atoms with Gasteiger partial charge in [-0.1, -0.05) is 18.2 Å². The van der Waals surface area contributed by atoms with Crippen LogP contribution in [-0.2, 0) is 6.42 Å². The van der Waals surface area contributed by atoms with Crippen molar-refractivity contribution in [2.45, 2.75) is 32.1 Å². The number of hydrogen-bond donors (Lipinski definition) is 0. The molecular weight excluding hydrogens is 331 g/mol. The molecule has 2 aromatic heterocycles. The Kier molecular flexibility index (Phi) is 4.65. The molecule has 4 rings (SSSR count). The summed E-state index contributed by atoms with van der Waals surface area (Å²) in [6, 6.07) is 8.77. The van der Waals surface area contributed by atoms with Crippen molar-refractivity contribution in [3.63, 3.8) is 0 Å². The van der Waals surface area contributed by atoms with Crippen LogP contribution in [0.2, 0.25) is 0 Å². The lowest BCUT2D eigenvalue weighted by atomic mass is 9.98. The zero-order chi connectivity index (χ0) is 17.9. The van der Waals surface area contributed by atoms with Gasteiger partial charge in [-0.05, 0) is 31.4 Å². The summed E-state index contributed by atoms with van der Waals surface area (Å²) in [4.78, 5) is 15.3. The first-order chi connectivity index (χ1) is 12.7. The first-order valence-corrected chi connectivity index (χ1v) is 8.90. The lowest BCUT2D eigenvalue weighted by Gasteiger charge is -2.32. The van der Waals surface area contributed by atoms with E-state index in [4.69, 9.17) is 4.42 Å². The van der Waals surface area contributed by atoms with Crippen LogP contribution in [0.4, 0.5) is 10.2 Å². The largest absolute Gasteiger partial charge is 0.445 e. The van der Waals surface area contributed by atoms with Crippen LogP contribution in [0.1, 0.15) is 41.7 Å². The predicted molar refractivity (Wildman–Crippen MR) is 96.7 cm³/mol. The predicted octanol–water partition coefficient (Wildman–Crippen LogP) is 3.89. The van der Waals surface area contributed by atoms with Crippen molar-refractivity contribution in [3.8, 4) is 0 Å². The molecule has 6 heteroatoms. The Hall–Kier alpha value is -2.76. The van der Waals surface area contributed by atoms with E-state index in [-0.39, 0.29) is 11.7 Å². The van der Waals surface area contributed by atoms with E-state index in [1.807, 2.05) is 19.1 Å². The molecule has 0 saturated carbocycles. The minimum atomic E-state index is -0.214. The molecule has 0 bridgehead atoms. The van der Waals surface area contributed by atoms with Crippen molar-refractivity contribution >= 4 is 5.82 Å². The van der Waals surface area contributed by atoms with Gasteiger partial charge in [0, 0.05) is 31.3 Å². The SMILES string of the molecule is Cc1cc(N2CCC[C@@H](c3ncc(Cc4ccccc4F)o3)C2)ncn1. The molecule has 1 fully saturated rings. The monoisotopic (exact) mass is 352 g/mol. The first-order valence-electron chi connectivity index (χ1n) is 8.90. The molecule has 26 heavy (non-hydrogen) atoms. The Bertz CT molecular complexity index is 895. The van der Waals surface area contributed by atoms with Gasteiger partial charge in [0.1, 0.15) is 23.7 Å². The van der Waals surface area contributed by atoms with Crippen LogP contribution in [0.15, 0.2) is 47.3 Å². The molecule has 3 aromatic rings. The van der Waals surface area contributed by atoms with E-state index in [9.17, 15) is 4.39 Å². The maximum atomic E-state index is 13.8. The van der Waals surface area contributed by atoms with E-state index in [1.165, 1.54) is 6.07 Å². The number of halogens is 1. The quantitative estimate of drug-likeness (QED) is 0.713. The molecule has 0 spiro atoms. The second kappa shape index (κ2) is 7.23. The highest BCUT2D eigenvalue weighted by Crippen LogP contribution is 2.29. The van der Waals surface area contributed by atoms with Crippen molar-refractivity contribution in [2.75, 3.05) is 18.0 Å². The van der Waals surface area contributed by atoms with Crippen LogP contribution < -0.4 is 4.90 Å². The normalized spacial score (nSPS) is 17.5. The molecule has 134 valence electrons. The second-order valence-electron chi connectivity index (χ2n) is 6.74. The third kappa shape index (κ3) is 3.59. The number of anilines is 1. The van der Waals surface area contributed by atoms with Gasteiger partial charge in [0.25, 0.3) is 0 Å². The number of nitrogens with zero attached hydrogens (tertiary/aromatic N) is 4. The van der Waals surface area contributed by atoms with Crippen molar-refractivity contribution < 1.29 is 8.81 Å². The standard InChI is InChI=1S/C20H21FN4O/c1-14-9-19(24-13-23-14)25-8-4-6-16(12-25)20-22-11-17(26-20)10-15-5-2-3-7-18(15)21/h2-3,5,7,9,11,13,16H,4,6,8,10,12H2,1H3/t16-/m1/s1. The van der Waals surface area contributed by atoms with E-state index in [1.54, 1.807) is 24.7 Å². The van der Waals surface area contributed by atoms with Crippen LogP contribution in [0.3, 0.4) is 0 Å². The molecular formula is C20H21FN4O. The van der Waals surface area contributed by atoms with Gasteiger partial charge < -0.3 is 9.32 Å². The zero-order valence-electron chi connectivity index (χ0n) is 14.7. The third-order valence-electron chi connectivity index (χ3n) is 4.78. The van der Waals surface area contributed by atoms with Crippen LogP contribution in [0.5, 0.6) is 0 Å². The van der Waals surface area contributed by atoms with Crippen LogP contribution in [0.25, 0.3) is 0 Å². The molecule has 1 atom stereocenters. The van der Waals surface area contributed by atoms with Crippen LogP contribution >= 0.6 is 0 Å². The molecule has 0 unspecified atom stereocenters. The molecule has 1 aliphatic rings. The number of aromatic nitrogens is 3. The summed E-state index contributed by atoms with van der Waals surface area (Å²) < 4.78 is 19.8. The number of aryl methyl sites for hydroxylation is 1. The average molecular weight is 352 g/mol. The molecule has 0 amide bonds.